The van der Waals surface area contributed by atoms with Gasteiger partial charge in [-0.2, -0.15) is 4.98 Å². The smallest absolute Gasteiger partial charge is 0.237 e. The topological polar surface area (TPSA) is 50.3 Å². The molecular formula is C11H17ClN4O. The van der Waals surface area contributed by atoms with Gasteiger partial charge in [-0.1, -0.05) is 11.6 Å². The molecule has 1 heterocycles. The number of nitrogens with one attached hydrogen (secondary N) is 1. The van der Waals surface area contributed by atoms with Crippen LogP contribution in [0.3, 0.4) is 0 Å². The molecule has 0 spiro atoms. The van der Waals surface area contributed by atoms with E-state index in [4.69, 9.17) is 16.3 Å². The fraction of sp³-hybridized carbons (Fsp3) is 0.636. The van der Waals surface area contributed by atoms with E-state index in [0.717, 1.165) is 12.6 Å². The third-order valence-electron chi connectivity index (χ3n) is 2.79. The van der Waals surface area contributed by atoms with E-state index >= 15 is 0 Å². The van der Waals surface area contributed by atoms with Crippen LogP contribution in [-0.2, 0) is 0 Å². The number of halogens is 1. The summed E-state index contributed by atoms with van der Waals surface area (Å²) in [7, 11) is 3.87. The number of anilines is 1. The van der Waals surface area contributed by atoms with Gasteiger partial charge in [0.1, 0.15) is 11.6 Å². The van der Waals surface area contributed by atoms with Crippen LogP contribution >= 0.6 is 11.6 Å². The Kier molecular flexibility index (Phi) is 4.02. The maximum absolute atomic E-state index is 5.95. The summed E-state index contributed by atoms with van der Waals surface area (Å²) in [4.78, 5) is 10.4. The van der Waals surface area contributed by atoms with E-state index in [1.54, 1.807) is 13.2 Å². The van der Waals surface area contributed by atoms with E-state index in [9.17, 15) is 0 Å². The molecule has 1 aromatic heterocycles. The summed E-state index contributed by atoms with van der Waals surface area (Å²) in [6.45, 7) is 1.48. The minimum atomic E-state index is 0.440. The minimum absolute atomic E-state index is 0.440. The van der Waals surface area contributed by atoms with Gasteiger partial charge in [0.05, 0.1) is 6.20 Å². The molecule has 1 aliphatic rings. The SMILES string of the molecule is CNc1ncc(Cl)c(OCCN(C)C2CC2)n1. The molecule has 0 saturated heterocycles. The normalized spacial score (nSPS) is 15.1. The molecule has 94 valence electrons. The Labute approximate surface area is 106 Å². The number of ether oxygens (including phenoxy) is 1. The van der Waals surface area contributed by atoms with Gasteiger partial charge in [0.15, 0.2) is 0 Å². The van der Waals surface area contributed by atoms with Crippen molar-refractivity contribution < 1.29 is 4.74 Å². The van der Waals surface area contributed by atoms with Crippen LogP contribution in [0, 0.1) is 0 Å². The molecule has 1 N–H and O–H groups in total. The third kappa shape index (κ3) is 3.44. The van der Waals surface area contributed by atoms with E-state index in [-0.39, 0.29) is 0 Å². The van der Waals surface area contributed by atoms with Crippen molar-refractivity contribution in [1.82, 2.24) is 14.9 Å². The van der Waals surface area contributed by atoms with Crippen molar-refractivity contribution in [3.63, 3.8) is 0 Å². The van der Waals surface area contributed by atoms with E-state index in [2.05, 4.69) is 27.2 Å². The first kappa shape index (κ1) is 12.4. The molecular weight excluding hydrogens is 240 g/mol. The molecule has 0 bridgehead atoms. The number of rotatable bonds is 6. The predicted octanol–water partition coefficient (Wildman–Crippen LogP) is 1.64. The summed E-state index contributed by atoms with van der Waals surface area (Å²) in [6.07, 6.45) is 4.14. The maximum atomic E-state index is 5.95. The van der Waals surface area contributed by atoms with Crippen molar-refractivity contribution in [1.29, 1.82) is 0 Å². The van der Waals surface area contributed by atoms with E-state index in [1.807, 2.05) is 0 Å². The van der Waals surface area contributed by atoms with Crippen molar-refractivity contribution >= 4 is 17.5 Å². The fourth-order valence-electron chi connectivity index (χ4n) is 1.56. The highest BCUT2D eigenvalue weighted by Gasteiger charge is 2.25. The molecule has 5 nitrogen and oxygen atoms in total. The Morgan fingerprint density at radius 1 is 1.59 bits per heavy atom. The number of hydrogen-bond donors (Lipinski definition) is 1. The Morgan fingerprint density at radius 3 is 3.00 bits per heavy atom. The van der Waals surface area contributed by atoms with Crippen LogP contribution in [0.1, 0.15) is 12.8 Å². The summed E-state index contributed by atoms with van der Waals surface area (Å²) in [5.41, 5.74) is 0. The molecule has 1 fully saturated rings. The van der Waals surface area contributed by atoms with Crippen LogP contribution in [0.4, 0.5) is 5.95 Å². The molecule has 2 rings (SSSR count). The Balaban J connectivity index is 1.84. The van der Waals surface area contributed by atoms with Gasteiger partial charge in [0.2, 0.25) is 11.8 Å². The summed E-state index contributed by atoms with van der Waals surface area (Å²) in [5.74, 6) is 0.954. The molecule has 1 aromatic rings. The quantitative estimate of drug-likeness (QED) is 0.839. The molecule has 0 atom stereocenters. The average molecular weight is 257 g/mol. The highest BCUT2D eigenvalue weighted by molar-refractivity contribution is 6.31. The van der Waals surface area contributed by atoms with Gasteiger partial charge in [-0.3, -0.25) is 0 Å². The van der Waals surface area contributed by atoms with Crippen LogP contribution in [-0.4, -0.2) is 48.2 Å². The largest absolute Gasteiger partial charge is 0.475 e. The van der Waals surface area contributed by atoms with E-state index in [1.165, 1.54) is 12.8 Å². The highest BCUT2D eigenvalue weighted by atomic mass is 35.5. The van der Waals surface area contributed by atoms with Crippen molar-refractivity contribution in [2.75, 3.05) is 32.6 Å². The van der Waals surface area contributed by atoms with E-state index < -0.39 is 0 Å². The van der Waals surface area contributed by atoms with Crippen molar-refractivity contribution in [2.24, 2.45) is 0 Å². The summed E-state index contributed by atoms with van der Waals surface area (Å²) >= 11 is 5.95. The first-order chi connectivity index (χ1) is 8.20. The standard InChI is InChI=1S/C11H17ClN4O/c1-13-11-14-7-9(12)10(15-11)17-6-5-16(2)8-3-4-8/h7-8H,3-6H2,1-2H3,(H,13,14,15). The maximum Gasteiger partial charge on any atom is 0.237 e. The summed E-state index contributed by atoms with van der Waals surface area (Å²) in [5, 5.41) is 3.29. The number of aromatic nitrogens is 2. The molecule has 0 unspecified atom stereocenters. The molecule has 0 radical (unpaired) electrons. The lowest BCUT2D eigenvalue weighted by molar-refractivity contribution is 0.226. The number of nitrogens with zero attached hydrogens (tertiary/aromatic N) is 3. The van der Waals surface area contributed by atoms with Gasteiger partial charge in [-0.15, -0.1) is 0 Å². The van der Waals surface area contributed by atoms with Crippen LogP contribution in [0.15, 0.2) is 6.20 Å². The molecule has 0 aromatic carbocycles. The van der Waals surface area contributed by atoms with Crippen LogP contribution in [0.2, 0.25) is 5.02 Å². The molecule has 17 heavy (non-hydrogen) atoms. The Hall–Kier alpha value is -1.07. The van der Waals surface area contributed by atoms with Gasteiger partial charge >= 0.3 is 0 Å². The molecule has 0 amide bonds. The minimum Gasteiger partial charge on any atom is -0.475 e. The second-order valence-electron chi connectivity index (χ2n) is 4.16. The van der Waals surface area contributed by atoms with Crippen LogP contribution in [0.5, 0.6) is 5.88 Å². The number of likely N-dealkylation sites (N-methyl/N-ethyl adjacent to an activating group) is 1. The molecule has 0 aliphatic heterocycles. The van der Waals surface area contributed by atoms with Crippen LogP contribution < -0.4 is 10.1 Å². The Bertz CT molecular complexity index is 384. The van der Waals surface area contributed by atoms with Crippen molar-refractivity contribution in [3.05, 3.63) is 11.2 Å². The average Bonchev–Trinajstić information content (AvgIpc) is 3.15. The zero-order valence-electron chi connectivity index (χ0n) is 10.1. The molecule has 6 heteroatoms. The van der Waals surface area contributed by atoms with Gasteiger partial charge in [-0.05, 0) is 19.9 Å². The lowest BCUT2D eigenvalue weighted by Crippen LogP contribution is -2.26. The lowest BCUT2D eigenvalue weighted by Gasteiger charge is -2.15. The molecule has 1 saturated carbocycles. The fourth-order valence-corrected chi connectivity index (χ4v) is 1.70. The van der Waals surface area contributed by atoms with Crippen molar-refractivity contribution in [2.45, 2.75) is 18.9 Å². The van der Waals surface area contributed by atoms with Gasteiger partial charge in [0.25, 0.3) is 0 Å². The number of hydrogen-bond acceptors (Lipinski definition) is 5. The first-order valence-corrected chi connectivity index (χ1v) is 6.12. The lowest BCUT2D eigenvalue weighted by atomic mass is 10.5. The zero-order valence-corrected chi connectivity index (χ0v) is 10.9. The van der Waals surface area contributed by atoms with Crippen molar-refractivity contribution in [3.8, 4) is 5.88 Å². The highest BCUT2D eigenvalue weighted by Crippen LogP contribution is 2.25. The molecule has 1 aliphatic carbocycles. The second kappa shape index (κ2) is 5.51. The monoisotopic (exact) mass is 256 g/mol. The third-order valence-corrected chi connectivity index (χ3v) is 3.05. The van der Waals surface area contributed by atoms with Gasteiger partial charge in [0, 0.05) is 19.6 Å². The first-order valence-electron chi connectivity index (χ1n) is 5.74. The zero-order chi connectivity index (χ0) is 12.3. The second-order valence-corrected chi connectivity index (χ2v) is 4.56. The summed E-state index contributed by atoms with van der Waals surface area (Å²) < 4.78 is 5.56. The van der Waals surface area contributed by atoms with E-state index in [0.29, 0.717) is 23.5 Å². The Morgan fingerprint density at radius 2 is 2.35 bits per heavy atom. The van der Waals surface area contributed by atoms with Crippen LogP contribution in [0.25, 0.3) is 0 Å². The van der Waals surface area contributed by atoms with Gasteiger partial charge in [-0.25, -0.2) is 4.98 Å². The summed E-state index contributed by atoms with van der Waals surface area (Å²) in [6, 6.07) is 0.743. The predicted molar refractivity (Wildman–Crippen MR) is 67.7 cm³/mol. The van der Waals surface area contributed by atoms with Gasteiger partial charge < -0.3 is 15.0 Å².